The van der Waals surface area contributed by atoms with E-state index in [1.54, 1.807) is 0 Å². The summed E-state index contributed by atoms with van der Waals surface area (Å²) in [4.78, 5) is 2.63. The fourth-order valence-electron chi connectivity index (χ4n) is 2.56. The minimum atomic E-state index is 0.665. The number of hydrogen-bond acceptors (Lipinski definition) is 3. The monoisotopic (exact) mass is 244 g/mol. The van der Waals surface area contributed by atoms with E-state index in [0.717, 1.165) is 6.04 Å². The van der Waals surface area contributed by atoms with Gasteiger partial charge in [0.25, 0.3) is 0 Å². The van der Waals surface area contributed by atoms with Crippen molar-refractivity contribution in [3.05, 3.63) is 0 Å². The molecule has 0 amide bonds. The van der Waals surface area contributed by atoms with Gasteiger partial charge in [-0.15, -0.1) is 0 Å². The predicted octanol–water partition coefficient (Wildman–Crippen LogP) is 2.59. The van der Waals surface area contributed by atoms with Gasteiger partial charge in [-0.2, -0.15) is 11.8 Å². The Balaban J connectivity index is 2.24. The quantitative estimate of drug-likeness (QED) is 0.773. The zero-order valence-corrected chi connectivity index (χ0v) is 12.0. The van der Waals surface area contributed by atoms with Gasteiger partial charge in [0.1, 0.15) is 0 Å². The topological polar surface area (TPSA) is 15.3 Å². The van der Waals surface area contributed by atoms with Crippen LogP contribution in [-0.4, -0.2) is 48.6 Å². The number of thioether (sulfide) groups is 1. The Morgan fingerprint density at radius 3 is 2.88 bits per heavy atom. The van der Waals surface area contributed by atoms with Crippen LogP contribution in [0, 0.1) is 0 Å². The second-order valence-electron chi connectivity index (χ2n) is 4.99. The Labute approximate surface area is 106 Å². The zero-order valence-electron chi connectivity index (χ0n) is 11.2. The van der Waals surface area contributed by atoms with Crippen molar-refractivity contribution in [1.82, 2.24) is 10.2 Å². The summed E-state index contributed by atoms with van der Waals surface area (Å²) < 4.78 is 0. The maximum atomic E-state index is 3.77. The van der Waals surface area contributed by atoms with Gasteiger partial charge >= 0.3 is 0 Å². The average Bonchev–Trinajstić information content (AvgIpc) is 2.45. The van der Waals surface area contributed by atoms with Crippen LogP contribution in [0.4, 0.5) is 0 Å². The molecule has 1 fully saturated rings. The van der Waals surface area contributed by atoms with Gasteiger partial charge in [0.2, 0.25) is 0 Å². The molecule has 0 aromatic rings. The lowest BCUT2D eigenvalue weighted by atomic mass is 10.1. The number of rotatable bonds is 6. The SMILES string of the molecule is CCCN1CCCC(NC(C)CSC)CC1. The molecule has 1 rings (SSSR count). The molecule has 1 aliphatic heterocycles. The molecule has 1 saturated heterocycles. The fraction of sp³-hybridized carbons (Fsp3) is 1.00. The molecule has 0 spiro atoms. The molecule has 96 valence electrons. The number of hydrogen-bond donors (Lipinski definition) is 1. The average molecular weight is 244 g/mol. The molecular formula is C13H28N2S. The van der Waals surface area contributed by atoms with Crippen LogP contribution in [-0.2, 0) is 0 Å². The van der Waals surface area contributed by atoms with E-state index in [4.69, 9.17) is 0 Å². The van der Waals surface area contributed by atoms with Gasteiger partial charge in [0, 0.05) is 17.8 Å². The second-order valence-corrected chi connectivity index (χ2v) is 5.90. The molecule has 1 N–H and O–H groups in total. The van der Waals surface area contributed by atoms with Crippen molar-refractivity contribution in [2.24, 2.45) is 0 Å². The van der Waals surface area contributed by atoms with Crippen LogP contribution >= 0.6 is 11.8 Å². The van der Waals surface area contributed by atoms with E-state index in [0.29, 0.717) is 6.04 Å². The minimum Gasteiger partial charge on any atom is -0.311 e. The third-order valence-electron chi connectivity index (χ3n) is 3.30. The van der Waals surface area contributed by atoms with Gasteiger partial charge in [-0.05, 0) is 58.5 Å². The zero-order chi connectivity index (χ0) is 11.8. The lowest BCUT2D eigenvalue weighted by molar-refractivity contribution is 0.282. The first-order chi connectivity index (χ1) is 7.76. The maximum Gasteiger partial charge on any atom is 0.0132 e. The van der Waals surface area contributed by atoms with Crippen molar-refractivity contribution in [3.63, 3.8) is 0 Å². The van der Waals surface area contributed by atoms with E-state index in [1.807, 2.05) is 11.8 Å². The summed E-state index contributed by atoms with van der Waals surface area (Å²) in [6.07, 6.45) is 7.54. The second kappa shape index (κ2) is 8.37. The van der Waals surface area contributed by atoms with E-state index < -0.39 is 0 Å². The van der Waals surface area contributed by atoms with E-state index in [2.05, 4.69) is 30.3 Å². The molecule has 0 saturated carbocycles. The molecule has 0 aliphatic carbocycles. The molecule has 0 bridgehead atoms. The highest BCUT2D eigenvalue weighted by atomic mass is 32.2. The third-order valence-corrected chi connectivity index (χ3v) is 4.13. The van der Waals surface area contributed by atoms with Crippen molar-refractivity contribution in [2.45, 2.75) is 51.6 Å². The molecule has 16 heavy (non-hydrogen) atoms. The van der Waals surface area contributed by atoms with Crippen molar-refractivity contribution in [2.75, 3.05) is 31.6 Å². The van der Waals surface area contributed by atoms with Gasteiger partial charge in [-0.1, -0.05) is 6.92 Å². The summed E-state index contributed by atoms with van der Waals surface area (Å²) in [6.45, 7) is 8.47. The maximum absolute atomic E-state index is 3.77. The molecule has 1 aliphatic rings. The van der Waals surface area contributed by atoms with Crippen LogP contribution in [0.1, 0.15) is 39.5 Å². The molecule has 0 aromatic carbocycles. The van der Waals surface area contributed by atoms with Crippen LogP contribution in [0.25, 0.3) is 0 Å². The Morgan fingerprint density at radius 2 is 2.19 bits per heavy atom. The third kappa shape index (κ3) is 5.55. The van der Waals surface area contributed by atoms with E-state index in [1.165, 1.54) is 51.1 Å². The molecule has 0 radical (unpaired) electrons. The Hall–Kier alpha value is 0.270. The first-order valence-electron chi connectivity index (χ1n) is 6.73. The number of nitrogens with one attached hydrogen (secondary N) is 1. The molecule has 3 heteroatoms. The largest absolute Gasteiger partial charge is 0.311 e. The Morgan fingerprint density at radius 1 is 1.38 bits per heavy atom. The lowest BCUT2D eigenvalue weighted by Gasteiger charge is -2.22. The van der Waals surface area contributed by atoms with Crippen LogP contribution in [0.2, 0.25) is 0 Å². The number of nitrogens with zero attached hydrogens (tertiary/aromatic N) is 1. The fourth-order valence-corrected chi connectivity index (χ4v) is 3.16. The van der Waals surface area contributed by atoms with Gasteiger partial charge in [0.15, 0.2) is 0 Å². The van der Waals surface area contributed by atoms with Crippen molar-refractivity contribution in [3.8, 4) is 0 Å². The summed E-state index contributed by atoms with van der Waals surface area (Å²) in [6, 6.07) is 1.42. The standard InChI is InChI=1S/C13H28N2S/c1-4-8-15-9-5-6-13(7-10-15)14-12(2)11-16-3/h12-14H,4-11H2,1-3H3. The van der Waals surface area contributed by atoms with Gasteiger partial charge in [0.05, 0.1) is 0 Å². The van der Waals surface area contributed by atoms with Crippen LogP contribution in [0.5, 0.6) is 0 Å². The Bertz CT molecular complexity index is 175. The van der Waals surface area contributed by atoms with Gasteiger partial charge < -0.3 is 10.2 Å². The highest BCUT2D eigenvalue weighted by Crippen LogP contribution is 2.12. The van der Waals surface area contributed by atoms with Gasteiger partial charge in [-0.25, -0.2) is 0 Å². The van der Waals surface area contributed by atoms with Crippen molar-refractivity contribution in [1.29, 1.82) is 0 Å². The highest BCUT2D eigenvalue weighted by molar-refractivity contribution is 7.98. The van der Waals surface area contributed by atoms with Gasteiger partial charge in [-0.3, -0.25) is 0 Å². The summed E-state index contributed by atoms with van der Waals surface area (Å²) >= 11 is 1.94. The van der Waals surface area contributed by atoms with E-state index >= 15 is 0 Å². The molecular weight excluding hydrogens is 216 g/mol. The molecule has 0 aromatic heterocycles. The minimum absolute atomic E-state index is 0.665. The first-order valence-corrected chi connectivity index (χ1v) is 8.13. The summed E-state index contributed by atoms with van der Waals surface area (Å²) in [5.74, 6) is 1.23. The summed E-state index contributed by atoms with van der Waals surface area (Å²) in [5.41, 5.74) is 0. The highest BCUT2D eigenvalue weighted by Gasteiger charge is 2.17. The summed E-state index contributed by atoms with van der Waals surface area (Å²) in [7, 11) is 0. The number of likely N-dealkylation sites (tertiary alicyclic amines) is 1. The van der Waals surface area contributed by atoms with E-state index in [9.17, 15) is 0 Å². The van der Waals surface area contributed by atoms with Crippen molar-refractivity contribution >= 4 is 11.8 Å². The summed E-state index contributed by atoms with van der Waals surface area (Å²) in [5, 5.41) is 3.77. The normalized spacial score (nSPS) is 25.3. The van der Waals surface area contributed by atoms with Crippen LogP contribution in [0.3, 0.4) is 0 Å². The molecule has 2 atom stereocenters. The lowest BCUT2D eigenvalue weighted by Crippen LogP contribution is -2.38. The molecule has 2 unspecified atom stereocenters. The van der Waals surface area contributed by atoms with Crippen molar-refractivity contribution < 1.29 is 0 Å². The first kappa shape index (κ1) is 14.3. The predicted molar refractivity (Wildman–Crippen MR) is 75.3 cm³/mol. The van der Waals surface area contributed by atoms with E-state index in [-0.39, 0.29) is 0 Å². The molecule has 2 nitrogen and oxygen atoms in total. The van der Waals surface area contributed by atoms with Crippen LogP contribution < -0.4 is 5.32 Å². The molecule has 1 heterocycles. The van der Waals surface area contributed by atoms with Crippen LogP contribution in [0.15, 0.2) is 0 Å². The smallest absolute Gasteiger partial charge is 0.0132 e. The Kier molecular flexibility index (Phi) is 7.50.